The summed E-state index contributed by atoms with van der Waals surface area (Å²) in [6.45, 7) is 3.97. The van der Waals surface area contributed by atoms with Gasteiger partial charge in [0.2, 0.25) is 0 Å². The molecule has 0 atom stereocenters. The van der Waals surface area contributed by atoms with Gasteiger partial charge in [0.25, 0.3) is 0 Å². The number of rotatable bonds is 6. The van der Waals surface area contributed by atoms with E-state index in [1.54, 1.807) is 31.4 Å². The fourth-order valence-electron chi connectivity index (χ4n) is 2.48. The van der Waals surface area contributed by atoms with E-state index in [0.717, 1.165) is 22.4 Å². The van der Waals surface area contributed by atoms with Gasteiger partial charge in [0.1, 0.15) is 5.75 Å². The highest BCUT2D eigenvalue weighted by Gasteiger charge is 2.11. The first-order chi connectivity index (χ1) is 11.4. The van der Waals surface area contributed by atoms with Crippen molar-refractivity contribution in [2.24, 2.45) is 0 Å². The first-order valence-corrected chi connectivity index (χ1v) is 7.59. The van der Waals surface area contributed by atoms with Crippen molar-refractivity contribution in [2.75, 3.05) is 7.11 Å². The van der Waals surface area contributed by atoms with Crippen molar-refractivity contribution in [2.45, 2.75) is 20.3 Å². The Balaban J connectivity index is 2.17. The molecule has 0 aliphatic heterocycles. The van der Waals surface area contributed by atoms with Crippen molar-refractivity contribution in [1.29, 1.82) is 0 Å². The predicted molar refractivity (Wildman–Crippen MR) is 93.6 cm³/mol. The van der Waals surface area contributed by atoms with Crippen LogP contribution in [0.1, 0.15) is 32.6 Å². The summed E-state index contributed by atoms with van der Waals surface area (Å²) in [6, 6.07) is 10.4. The Kier molecular flexibility index (Phi) is 5.53. The summed E-state index contributed by atoms with van der Waals surface area (Å²) < 4.78 is 5.33. The Morgan fingerprint density at radius 1 is 1.17 bits per heavy atom. The molecule has 2 rings (SSSR count). The number of carbonyl (C=O) groups excluding carboxylic acids is 1. The highest BCUT2D eigenvalue weighted by molar-refractivity contribution is 5.97. The second-order valence-corrected chi connectivity index (χ2v) is 5.60. The third-order valence-electron chi connectivity index (χ3n) is 3.94. The monoisotopic (exact) mass is 324 g/mol. The lowest BCUT2D eigenvalue weighted by Gasteiger charge is -2.09. The number of hydrogen-bond acceptors (Lipinski definition) is 3. The fraction of sp³-hybridized carbons (Fsp3) is 0.200. The standard InChI is InChI=1S/C20H20O4/c1-13-10-15(11-19(24-3)14(13)2)8-9-17(21)12-16-6-4-5-7-18(16)20(22)23/h4-11H,12H2,1-3H3,(H,22,23)/b9-8+. The molecule has 2 aromatic rings. The maximum absolute atomic E-state index is 12.2. The van der Waals surface area contributed by atoms with Gasteiger partial charge in [0.05, 0.1) is 12.7 Å². The Morgan fingerprint density at radius 2 is 1.88 bits per heavy atom. The number of carboxylic acids is 1. The van der Waals surface area contributed by atoms with Crippen molar-refractivity contribution < 1.29 is 19.4 Å². The van der Waals surface area contributed by atoms with Crippen LogP contribution in [0.15, 0.2) is 42.5 Å². The van der Waals surface area contributed by atoms with Gasteiger partial charge in [-0.05, 0) is 54.3 Å². The molecule has 0 bridgehead atoms. The maximum Gasteiger partial charge on any atom is 0.335 e. The molecule has 0 saturated heterocycles. The molecule has 0 amide bonds. The van der Waals surface area contributed by atoms with E-state index in [1.807, 2.05) is 26.0 Å². The smallest absolute Gasteiger partial charge is 0.335 e. The number of hydrogen-bond donors (Lipinski definition) is 1. The van der Waals surface area contributed by atoms with Crippen molar-refractivity contribution in [3.05, 3.63) is 70.3 Å². The highest BCUT2D eigenvalue weighted by atomic mass is 16.5. The van der Waals surface area contributed by atoms with Crippen molar-refractivity contribution in [3.8, 4) is 5.75 Å². The molecule has 4 nitrogen and oxygen atoms in total. The summed E-state index contributed by atoms with van der Waals surface area (Å²) in [5, 5.41) is 9.16. The van der Waals surface area contributed by atoms with E-state index in [4.69, 9.17) is 9.84 Å². The summed E-state index contributed by atoms with van der Waals surface area (Å²) in [5.74, 6) is -0.402. The molecule has 0 heterocycles. The van der Waals surface area contributed by atoms with Crippen LogP contribution in [0.4, 0.5) is 0 Å². The molecule has 0 aliphatic rings. The Morgan fingerprint density at radius 3 is 2.54 bits per heavy atom. The third-order valence-corrected chi connectivity index (χ3v) is 3.94. The van der Waals surface area contributed by atoms with E-state index < -0.39 is 5.97 Å². The number of ether oxygens (including phenoxy) is 1. The molecule has 0 spiro atoms. The van der Waals surface area contributed by atoms with Crippen LogP contribution in [-0.4, -0.2) is 24.0 Å². The van der Waals surface area contributed by atoms with Gasteiger partial charge >= 0.3 is 5.97 Å². The number of carbonyl (C=O) groups is 2. The molecule has 1 N–H and O–H groups in total. The number of benzene rings is 2. The molecule has 0 aromatic heterocycles. The van der Waals surface area contributed by atoms with Crippen molar-refractivity contribution in [1.82, 2.24) is 0 Å². The van der Waals surface area contributed by atoms with Gasteiger partial charge < -0.3 is 9.84 Å². The van der Waals surface area contributed by atoms with Gasteiger partial charge in [-0.1, -0.05) is 30.3 Å². The van der Waals surface area contributed by atoms with Crippen LogP contribution in [0.5, 0.6) is 5.75 Å². The normalized spacial score (nSPS) is 10.8. The number of allylic oxidation sites excluding steroid dienone is 1. The lowest BCUT2D eigenvalue weighted by Crippen LogP contribution is -2.06. The average Bonchev–Trinajstić information content (AvgIpc) is 2.56. The predicted octanol–water partition coefficient (Wildman–Crippen LogP) is 3.84. The van der Waals surface area contributed by atoms with E-state index in [2.05, 4.69) is 0 Å². The van der Waals surface area contributed by atoms with Gasteiger partial charge in [0.15, 0.2) is 5.78 Å². The number of aromatic carboxylic acids is 1. The van der Waals surface area contributed by atoms with E-state index in [0.29, 0.717) is 5.56 Å². The molecular weight excluding hydrogens is 304 g/mol. The van der Waals surface area contributed by atoms with E-state index in [9.17, 15) is 9.59 Å². The minimum absolute atomic E-state index is 0.0565. The van der Waals surface area contributed by atoms with Gasteiger partial charge in [-0.25, -0.2) is 4.79 Å². The quantitative estimate of drug-likeness (QED) is 0.820. The largest absolute Gasteiger partial charge is 0.496 e. The lowest BCUT2D eigenvalue weighted by atomic mass is 10.0. The second-order valence-electron chi connectivity index (χ2n) is 5.60. The van der Waals surface area contributed by atoms with E-state index >= 15 is 0 Å². The molecular formula is C20H20O4. The summed E-state index contributed by atoms with van der Waals surface area (Å²) in [5.41, 5.74) is 3.69. The maximum atomic E-state index is 12.2. The molecule has 0 unspecified atom stereocenters. The third kappa shape index (κ3) is 4.10. The summed E-state index contributed by atoms with van der Waals surface area (Å²) in [7, 11) is 1.61. The summed E-state index contributed by atoms with van der Waals surface area (Å²) in [6.07, 6.45) is 3.25. The summed E-state index contributed by atoms with van der Waals surface area (Å²) in [4.78, 5) is 23.3. The minimum atomic E-state index is -1.03. The highest BCUT2D eigenvalue weighted by Crippen LogP contribution is 2.24. The average molecular weight is 324 g/mol. The van der Waals surface area contributed by atoms with Crippen molar-refractivity contribution in [3.63, 3.8) is 0 Å². The molecule has 4 heteroatoms. The molecule has 0 radical (unpaired) electrons. The van der Waals surface area contributed by atoms with Crippen molar-refractivity contribution >= 4 is 17.8 Å². The van der Waals surface area contributed by atoms with Crippen LogP contribution < -0.4 is 4.74 Å². The van der Waals surface area contributed by atoms with Gasteiger partial charge in [-0.3, -0.25) is 4.79 Å². The first kappa shape index (κ1) is 17.5. The Bertz CT molecular complexity index is 803. The van der Waals surface area contributed by atoms with E-state index in [1.165, 1.54) is 12.1 Å². The zero-order chi connectivity index (χ0) is 17.7. The first-order valence-electron chi connectivity index (χ1n) is 7.59. The minimum Gasteiger partial charge on any atom is -0.496 e. The molecule has 0 fully saturated rings. The van der Waals surface area contributed by atoms with Crippen LogP contribution >= 0.6 is 0 Å². The number of carboxylic acid groups (broad SMARTS) is 1. The summed E-state index contributed by atoms with van der Waals surface area (Å²) >= 11 is 0. The Hall–Kier alpha value is -2.88. The molecule has 2 aromatic carbocycles. The van der Waals surface area contributed by atoms with Gasteiger partial charge in [-0.2, -0.15) is 0 Å². The lowest BCUT2D eigenvalue weighted by molar-refractivity contribution is -0.113. The number of ketones is 1. The topological polar surface area (TPSA) is 63.6 Å². The zero-order valence-corrected chi connectivity index (χ0v) is 14.0. The molecule has 124 valence electrons. The van der Waals surface area contributed by atoms with Gasteiger partial charge in [-0.15, -0.1) is 0 Å². The van der Waals surface area contributed by atoms with Crippen LogP contribution in [0, 0.1) is 13.8 Å². The van der Waals surface area contributed by atoms with Crippen LogP contribution in [-0.2, 0) is 11.2 Å². The molecule has 24 heavy (non-hydrogen) atoms. The number of aryl methyl sites for hydroxylation is 1. The number of methoxy groups -OCH3 is 1. The Labute approximate surface area is 141 Å². The van der Waals surface area contributed by atoms with E-state index in [-0.39, 0.29) is 17.8 Å². The van der Waals surface area contributed by atoms with Gasteiger partial charge in [0, 0.05) is 6.42 Å². The fourth-order valence-corrected chi connectivity index (χ4v) is 2.48. The molecule has 0 aliphatic carbocycles. The SMILES string of the molecule is COc1cc(/C=C/C(=O)Cc2ccccc2C(=O)O)cc(C)c1C. The zero-order valence-electron chi connectivity index (χ0n) is 14.0. The second kappa shape index (κ2) is 7.59. The van der Waals surface area contributed by atoms with Crippen LogP contribution in [0.3, 0.4) is 0 Å². The van der Waals surface area contributed by atoms with Crippen LogP contribution in [0.2, 0.25) is 0 Å². The van der Waals surface area contributed by atoms with Crippen LogP contribution in [0.25, 0.3) is 6.08 Å². The molecule has 0 saturated carbocycles.